The van der Waals surface area contributed by atoms with Crippen LogP contribution in [-0.2, 0) is 4.74 Å². The topological polar surface area (TPSA) is 73.4 Å². The lowest BCUT2D eigenvalue weighted by Gasteiger charge is -2.39. The van der Waals surface area contributed by atoms with Gasteiger partial charge in [0.05, 0.1) is 41.1 Å². The van der Waals surface area contributed by atoms with Crippen molar-refractivity contribution < 1.29 is 19.1 Å². The van der Waals surface area contributed by atoms with Gasteiger partial charge in [0, 0.05) is 39.3 Å². The van der Waals surface area contributed by atoms with Crippen LogP contribution in [0, 0.1) is 0 Å². The Balaban J connectivity index is 1.36. The zero-order valence-electron chi connectivity index (χ0n) is 15.2. The summed E-state index contributed by atoms with van der Waals surface area (Å²) >= 11 is 12.0. The molecule has 150 valence electrons. The van der Waals surface area contributed by atoms with E-state index in [2.05, 4.69) is 0 Å². The molecule has 0 N–H and O–H groups in total. The number of fused-ring (bicyclic) bond motifs is 1. The zero-order chi connectivity index (χ0) is 19.8. The maximum absolute atomic E-state index is 12.6. The van der Waals surface area contributed by atoms with Gasteiger partial charge in [0.1, 0.15) is 0 Å². The van der Waals surface area contributed by atoms with E-state index in [1.807, 2.05) is 9.80 Å². The molecule has 0 atom stereocenters. The first-order valence-corrected chi connectivity index (χ1v) is 9.90. The number of nitrogens with zero attached hydrogens (tertiary/aromatic N) is 4. The third-order valence-corrected chi connectivity index (χ3v) is 6.00. The number of urea groups is 1. The fraction of sp³-hybridized carbons (Fsp3) is 0.500. The van der Waals surface area contributed by atoms with Gasteiger partial charge in [0.15, 0.2) is 0 Å². The molecule has 4 amide bonds. The highest BCUT2D eigenvalue weighted by Crippen LogP contribution is 2.31. The third-order valence-electron chi connectivity index (χ3n) is 5.28. The van der Waals surface area contributed by atoms with Gasteiger partial charge in [0.2, 0.25) is 0 Å². The molecule has 0 unspecified atom stereocenters. The van der Waals surface area contributed by atoms with Gasteiger partial charge < -0.3 is 14.5 Å². The molecule has 1 aromatic carbocycles. The van der Waals surface area contributed by atoms with E-state index in [1.165, 1.54) is 17.0 Å². The Labute approximate surface area is 172 Å². The summed E-state index contributed by atoms with van der Waals surface area (Å²) in [5, 5.41) is 0.498. The van der Waals surface area contributed by atoms with Crippen molar-refractivity contribution in [1.29, 1.82) is 0 Å². The largest absolute Gasteiger partial charge is 0.378 e. The molecule has 0 aliphatic carbocycles. The van der Waals surface area contributed by atoms with Gasteiger partial charge in [-0.3, -0.25) is 19.4 Å². The second-order valence-corrected chi connectivity index (χ2v) is 7.79. The highest BCUT2D eigenvalue weighted by molar-refractivity contribution is 6.43. The zero-order valence-corrected chi connectivity index (χ0v) is 16.7. The first-order valence-electron chi connectivity index (χ1n) is 9.15. The van der Waals surface area contributed by atoms with E-state index in [-0.39, 0.29) is 45.7 Å². The maximum atomic E-state index is 12.6. The van der Waals surface area contributed by atoms with E-state index in [4.69, 9.17) is 27.9 Å². The Kier molecular flexibility index (Phi) is 5.46. The second kappa shape index (κ2) is 7.87. The average molecular weight is 427 g/mol. The van der Waals surface area contributed by atoms with Crippen molar-refractivity contribution in [2.45, 2.75) is 0 Å². The molecule has 3 heterocycles. The van der Waals surface area contributed by atoms with Gasteiger partial charge in [-0.15, -0.1) is 0 Å². The smallest absolute Gasteiger partial charge is 0.320 e. The van der Waals surface area contributed by atoms with E-state index >= 15 is 0 Å². The molecule has 28 heavy (non-hydrogen) atoms. The number of rotatable bonds is 2. The molecule has 2 saturated heterocycles. The number of hydrogen-bond acceptors (Lipinski definition) is 5. The lowest BCUT2D eigenvalue weighted by atomic mass is 10.1. The van der Waals surface area contributed by atoms with Crippen molar-refractivity contribution in [2.24, 2.45) is 0 Å². The van der Waals surface area contributed by atoms with Crippen LogP contribution in [0.25, 0.3) is 0 Å². The number of halogens is 2. The van der Waals surface area contributed by atoms with Gasteiger partial charge in [-0.25, -0.2) is 4.79 Å². The monoisotopic (exact) mass is 426 g/mol. The molecule has 0 saturated carbocycles. The van der Waals surface area contributed by atoms with Crippen molar-refractivity contribution in [3.05, 3.63) is 33.3 Å². The molecule has 8 nitrogen and oxygen atoms in total. The Morgan fingerprint density at radius 2 is 1.36 bits per heavy atom. The molecule has 3 aliphatic rings. The summed E-state index contributed by atoms with van der Waals surface area (Å²) in [6, 6.07) is 2.91. The quantitative estimate of drug-likeness (QED) is 0.671. The molecular formula is C18H20Cl2N4O4. The number of carbonyl (C=O) groups excluding carboxylic acids is 3. The van der Waals surface area contributed by atoms with E-state index in [0.717, 1.165) is 0 Å². The number of morpholine rings is 1. The van der Waals surface area contributed by atoms with Crippen LogP contribution in [0.3, 0.4) is 0 Å². The van der Waals surface area contributed by atoms with Gasteiger partial charge >= 0.3 is 6.03 Å². The molecule has 10 heteroatoms. The summed E-state index contributed by atoms with van der Waals surface area (Å²) < 4.78 is 5.28. The highest BCUT2D eigenvalue weighted by atomic mass is 35.5. The molecule has 0 aromatic heterocycles. The van der Waals surface area contributed by atoms with Crippen molar-refractivity contribution in [1.82, 2.24) is 19.6 Å². The fourth-order valence-corrected chi connectivity index (χ4v) is 3.97. The fourth-order valence-electron chi connectivity index (χ4n) is 3.65. The number of benzene rings is 1. The van der Waals surface area contributed by atoms with Gasteiger partial charge in [-0.1, -0.05) is 23.2 Å². The van der Waals surface area contributed by atoms with Gasteiger partial charge in [-0.2, -0.15) is 0 Å². The van der Waals surface area contributed by atoms with Crippen molar-refractivity contribution in [3.8, 4) is 0 Å². The average Bonchev–Trinajstić information content (AvgIpc) is 2.93. The molecule has 4 rings (SSSR count). The van der Waals surface area contributed by atoms with E-state index in [0.29, 0.717) is 52.5 Å². The lowest BCUT2D eigenvalue weighted by Crippen LogP contribution is -2.56. The predicted octanol–water partition coefficient (Wildman–Crippen LogP) is 1.62. The molecule has 3 aliphatic heterocycles. The number of ether oxygens (including phenoxy) is 1. The standard InChI is InChI=1S/C18H20Cl2N4O4/c19-14-9-12-13(10-15(14)20)17(26)24(16(12)25)11-21-1-3-22(4-2-21)18(27)23-5-7-28-8-6-23/h9-10H,1-8,11H2. The lowest BCUT2D eigenvalue weighted by molar-refractivity contribution is 0.0312. The summed E-state index contributed by atoms with van der Waals surface area (Å²) in [4.78, 5) is 44.6. The van der Waals surface area contributed by atoms with Crippen LogP contribution < -0.4 is 0 Å². The summed E-state index contributed by atoms with van der Waals surface area (Å²) in [5.74, 6) is -0.740. The minimum Gasteiger partial charge on any atom is -0.378 e. The molecule has 0 radical (unpaired) electrons. The van der Waals surface area contributed by atoms with Crippen molar-refractivity contribution >= 4 is 41.0 Å². The van der Waals surface area contributed by atoms with E-state index < -0.39 is 0 Å². The number of piperazine rings is 1. The first-order chi connectivity index (χ1) is 13.5. The number of hydrogen-bond donors (Lipinski definition) is 0. The normalized spacial score (nSPS) is 20.7. The first kappa shape index (κ1) is 19.4. The second-order valence-electron chi connectivity index (χ2n) is 6.98. The van der Waals surface area contributed by atoms with Gasteiger partial charge in [-0.05, 0) is 12.1 Å². The summed E-state index contributed by atoms with van der Waals surface area (Å²) in [6.07, 6.45) is 0. The maximum Gasteiger partial charge on any atom is 0.320 e. The van der Waals surface area contributed by atoms with Crippen LogP contribution in [-0.4, -0.2) is 96.6 Å². The Morgan fingerprint density at radius 1 is 0.857 bits per heavy atom. The summed E-state index contributed by atoms with van der Waals surface area (Å²) in [7, 11) is 0. The molecule has 0 spiro atoms. The number of amides is 4. The number of carbonyl (C=O) groups is 3. The van der Waals surface area contributed by atoms with Crippen LogP contribution in [0.2, 0.25) is 10.0 Å². The van der Waals surface area contributed by atoms with Crippen LogP contribution in [0.1, 0.15) is 20.7 Å². The van der Waals surface area contributed by atoms with Crippen LogP contribution in [0.4, 0.5) is 4.79 Å². The van der Waals surface area contributed by atoms with Gasteiger partial charge in [0.25, 0.3) is 11.8 Å². The SMILES string of the molecule is O=C(N1CCOCC1)N1CCN(CN2C(=O)c3cc(Cl)c(Cl)cc3C2=O)CC1. The molecular weight excluding hydrogens is 407 g/mol. The third kappa shape index (κ3) is 3.57. The number of imide groups is 1. The Bertz CT molecular complexity index is 779. The van der Waals surface area contributed by atoms with Crippen LogP contribution in [0.15, 0.2) is 12.1 Å². The minimum absolute atomic E-state index is 0.0213. The van der Waals surface area contributed by atoms with E-state index in [1.54, 1.807) is 4.90 Å². The molecule has 1 aromatic rings. The van der Waals surface area contributed by atoms with E-state index in [9.17, 15) is 14.4 Å². The molecule has 2 fully saturated rings. The van der Waals surface area contributed by atoms with Crippen LogP contribution in [0.5, 0.6) is 0 Å². The van der Waals surface area contributed by atoms with Crippen LogP contribution >= 0.6 is 23.2 Å². The summed E-state index contributed by atoms with van der Waals surface area (Å²) in [6.45, 7) is 4.82. The predicted molar refractivity (Wildman–Crippen MR) is 103 cm³/mol. The van der Waals surface area contributed by atoms with Crippen molar-refractivity contribution in [2.75, 3.05) is 59.2 Å². The molecule has 0 bridgehead atoms. The Morgan fingerprint density at radius 3 is 1.89 bits per heavy atom. The Hall–Kier alpha value is -1.87. The van der Waals surface area contributed by atoms with Crippen molar-refractivity contribution in [3.63, 3.8) is 0 Å². The highest BCUT2D eigenvalue weighted by Gasteiger charge is 2.38. The summed E-state index contributed by atoms with van der Waals surface area (Å²) in [5.41, 5.74) is 0.557. The minimum atomic E-state index is -0.370.